The van der Waals surface area contributed by atoms with Gasteiger partial charge >= 0.3 is 0 Å². The van der Waals surface area contributed by atoms with Gasteiger partial charge in [0.05, 0.1) is 5.69 Å². The van der Waals surface area contributed by atoms with Crippen LogP contribution < -0.4 is 10.1 Å². The highest BCUT2D eigenvalue weighted by Gasteiger charge is 2.07. The topological polar surface area (TPSA) is 64.6 Å². The normalized spacial score (nSPS) is 9.76. The van der Waals surface area contributed by atoms with Crippen LogP contribution in [0.1, 0.15) is 6.92 Å². The largest absolute Gasteiger partial charge is 0.484 e. The van der Waals surface area contributed by atoms with E-state index in [2.05, 4.69) is 10.1 Å². The van der Waals surface area contributed by atoms with Crippen LogP contribution in [-0.4, -0.2) is 32.0 Å². The van der Waals surface area contributed by atoms with Crippen molar-refractivity contribution in [1.82, 2.24) is 0 Å². The van der Waals surface area contributed by atoms with Gasteiger partial charge in [-0.2, -0.15) is 0 Å². The molecule has 0 aliphatic rings. The lowest BCUT2D eigenvalue weighted by atomic mass is 10.3. The summed E-state index contributed by atoms with van der Waals surface area (Å²) in [4.78, 5) is 22.2. The Hall–Kier alpha value is -1.88. The molecule has 5 heteroatoms. The van der Waals surface area contributed by atoms with Crippen LogP contribution in [0, 0.1) is 0 Å². The molecule has 1 aromatic rings. The Bertz CT molecular complexity index is 403. The minimum absolute atomic E-state index is 0.0162. The lowest BCUT2D eigenvalue weighted by Gasteiger charge is -2.10. The van der Waals surface area contributed by atoms with E-state index in [9.17, 15) is 9.59 Å². The van der Waals surface area contributed by atoms with Crippen LogP contribution in [0.15, 0.2) is 24.3 Å². The number of nitrogens with one attached hydrogen (secondary N) is 1. The standard InChI is InChI=1S/C12H15NO4/c1-9(14)13-11-5-3-4-6-12(11)17-8-10(15)7-16-2/h3-6H,7-8H2,1-2H3,(H,13,14). The smallest absolute Gasteiger partial charge is 0.221 e. The molecule has 92 valence electrons. The number of anilines is 1. The molecule has 0 unspecified atom stereocenters. The van der Waals surface area contributed by atoms with E-state index in [0.29, 0.717) is 11.4 Å². The monoisotopic (exact) mass is 237 g/mol. The van der Waals surface area contributed by atoms with Crippen LogP contribution >= 0.6 is 0 Å². The Morgan fingerprint density at radius 3 is 2.59 bits per heavy atom. The zero-order chi connectivity index (χ0) is 12.7. The highest BCUT2D eigenvalue weighted by Crippen LogP contribution is 2.23. The summed E-state index contributed by atoms with van der Waals surface area (Å²) >= 11 is 0. The second-order valence-electron chi connectivity index (χ2n) is 3.44. The Labute approximate surface area is 99.7 Å². The summed E-state index contributed by atoms with van der Waals surface area (Å²) in [5.41, 5.74) is 0.546. The van der Waals surface area contributed by atoms with Gasteiger partial charge in [0, 0.05) is 14.0 Å². The Balaban J connectivity index is 2.63. The zero-order valence-corrected chi connectivity index (χ0v) is 9.86. The van der Waals surface area contributed by atoms with Crippen molar-refractivity contribution in [3.63, 3.8) is 0 Å². The van der Waals surface area contributed by atoms with Gasteiger partial charge in [0.2, 0.25) is 5.91 Å². The molecule has 1 N–H and O–H groups in total. The number of ketones is 1. The molecule has 0 aromatic heterocycles. The highest BCUT2D eigenvalue weighted by molar-refractivity contribution is 5.90. The molecule has 1 aromatic carbocycles. The molecule has 0 atom stereocenters. The molecule has 0 saturated carbocycles. The molecular formula is C12H15NO4. The second-order valence-corrected chi connectivity index (χ2v) is 3.44. The van der Waals surface area contributed by atoms with Gasteiger partial charge in [0.15, 0.2) is 5.78 Å². The molecule has 0 fully saturated rings. The number of carbonyl (C=O) groups is 2. The minimum Gasteiger partial charge on any atom is -0.484 e. The summed E-state index contributed by atoms with van der Waals surface area (Å²) in [6, 6.07) is 6.93. The molecule has 0 saturated heterocycles. The molecule has 0 heterocycles. The molecule has 17 heavy (non-hydrogen) atoms. The van der Waals surface area contributed by atoms with E-state index >= 15 is 0 Å². The van der Waals surface area contributed by atoms with Crippen LogP contribution in [0.5, 0.6) is 5.75 Å². The first-order valence-corrected chi connectivity index (χ1v) is 5.13. The van der Waals surface area contributed by atoms with E-state index in [4.69, 9.17) is 4.74 Å². The van der Waals surface area contributed by atoms with E-state index < -0.39 is 0 Å². The third-order valence-corrected chi connectivity index (χ3v) is 1.89. The zero-order valence-electron chi connectivity index (χ0n) is 9.86. The number of para-hydroxylation sites is 2. The summed E-state index contributed by atoms with van der Waals surface area (Å²) in [5, 5.41) is 2.62. The first kappa shape index (κ1) is 13.2. The number of methoxy groups -OCH3 is 1. The van der Waals surface area contributed by atoms with Crippen molar-refractivity contribution in [2.75, 3.05) is 25.6 Å². The molecule has 0 spiro atoms. The number of carbonyl (C=O) groups excluding carboxylic acids is 2. The van der Waals surface area contributed by atoms with Crippen LogP contribution in [0.2, 0.25) is 0 Å². The van der Waals surface area contributed by atoms with E-state index in [1.54, 1.807) is 24.3 Å². The number of hydrogen-bond donors (Lipinski definition) is 1. The third-order valence-electron chi connectivity index (χ3n) is 1.89. The predicted octanol–water partition coefficient (Wildman–Crippen LogP) is 1.24. The first-order chi connectivity index (χ1) is 8.13. The molecule has 0 bridgehead atoms. The Kier molecular flexibility index (Phi) is 5.16. The number of Topliss-reactive ketones (excluding diaryl/α,β-unsaturated/α-hetero) is 1. The summed E-state index contributed by atoms with van der Waals surface area (Å²) in [5.74, 6) is 0.113. The van der Waals surface area contributed by atoms with Crippen molar-refractivity contribution in [1.29, 1.82) is 0 Å². The van der Waals surface area contributed by atoms with E-state index in [1.165, 1.54) is 14.0 Å². The van der Waals surface area contributed by atoms with Crippen molar-refractivity contribution in [3.05, 3.63) is 24.3 Å². The maximum atomic E-state index is 11.2. The van der Waals surface area contributed by atoms with E-state index in [1.807, 2.05) is 0 Å². The molecule has 1 rings (SSSR count). The number of hydrogen-bond acceptors (Lipinski definition) is 4. The predicted molar refractivity (Wildman–Crippen MR) is 63.1 cm³/mol. The van der Waals surface area contributed by atoms with Crippen LogP contribution in [0.3, 0.4) is 0 Å². The van der Waals surface area contributed by atoms with Gasteiger partial charge in [-0.25, -0.2) is 0 Å². The Morgan fingerprint density at radius 2 is 1.94 bits per heavy atom. The van der Waals surface area contributed by atoms with E-state index in [-0.39, 0.29) is 24.9 Å². The minimum atomic E-state index is -0.190. The van der Waals surface area contributed by atoms with Gasteiger partial charge < -0.3 is 14.8 Å². The lowest BCUT2D eigenvalue weighted by Crippen LogP contribution is -2.17. The SMILES string of the molecule is COCC(=O)COc1ccccc1NC(C)=O. The fourth-order valence-corrected chi connectivity index (χ4v) is 1.25. The number of benzene rings is 1. The maximum absolute atomic E-state index is 11.2. The summed E-state index contributed by atoms with van der Waals surface area (Å²) in [6.45, 7) is 1.35. The van der Waals surface area contributed by atoms with Crippen molar-refractivity contribution >= 4 is 17.4 Å². The molecular weight excluding hydrogens is 222 g/mol. The van der Waals surface area contributed by atoms with Gasteiger partial charge in [-0.05, 0) is 12.1 Å². The average molecular weight is 237 g/mol. The van der Waals surface area contributed by atoms with Gasteiger partial charge in [0.1, 0.15) is 19.0 Å². The highest BCUT2D eigenvalue weighted by atomic mass is 16.5. The number of rotatable bonds is 6. The van der Waals surface area contributed by atoms with Crippen LogP contribution in [-0.2, 0) is 14.3 Å². The quantitative estimate of drug-likeness (QED) is 0.808. The molecule has 0 aliphatic carbocycles. The molecule has 1 amide bonds. The average Bonchev–Trinajstić information content (AvgIpc) is 2.27. The lowest BCUT2D eigenvalue weighted by molar-refractivity contribution is -0.124. The molecule has 0 radical (unpaired) electrons. The fraction of sp³-hybridized carbons (Fsp3) is 0.333. The van der Waals surface area contributed by atoms with Crippen LogP contribution in [0.4, 0.5) is 5.69 Å². The number of amides is 1. The van der Waals surface area contributed by atoms with Crippen LogP contribution in [0.25, 0.3) is 0 Å². The van der Waals surface area contributed by atoms with E-state index in [0.717, 1.165) is 0 Å². The van der Waals surface area contributed by atoms with Crippen molar-refractivity contribution in [2.45, 2.75) is 6.92 Å². The van der Waals surface area contributed by atoms with Crippen molar-refractivity contribution in [3.8, 4) is 5.75 Å². The molecule has 0 aliphatic heterocycles. The Morgan fingerprint density at radius 1 is 1.24 bits per heavy atom. The van der Waals surface area contributed by atoms with Crippen molar-refractivity contribution in [2.24, 2.45) is 0 Å². The van der Waals surface area contributed by atoms with Gasteiger partial charge in [0.25, 0.3) is 0 Å². The third kappa shape index (κ3) is 4.65. The number of ether oxygens (including phenoxy) is 2. The maximum Gasteiger partial charge on any atom is 0.221 e. The summed E-state index contributed by atoms with van der Waals surface area (Å²) in [7, 11) is 1.45. The molecule has 5 nitrogen and oxygen atoms in total. The fourth-order valence-electron chi connectivity index (χ4n) is 1.25. The van der Waals surface area contributed by atoms with Gasteiger partial charge in [-0.3, -0.25) is 9.59 Å². The second kappa shape index (κ2) is 6.65. The van der Waals surface area contributed by atoms with Gasteiger partial charge in [-0.15, -0.1) is 0 Å². The summed E-state index contributed by atoms with van der Waals surface area (Å²) in [6.07, 6.45) is 0. The first-order valence-electron chi connectivity index (χ1n) is 5.13. The van der Waals surface area contributed by atoms with Crippen molar-refractivity contribution < 1.29 is 19.1 Å². The summed E-state index contributed by atoms with van der Waals surface area (Å²) < 4.78 is 10.00. The van der Waals surface area contributed by atoms with Gasteiger partial charge in [-0.1, -0.05) is 12.1 Å².